The molecule has 0 atom stereocenters. The van der Waals surface area contributed by atoms with Gasteiger partial charge in [0.15, 0.2) is 0 Å². The molecule has 0 bridgehead atoms. The Morgan fingerprint density at radius 1 is 1.25 bits per heavy atom. The first kappa shape index (κ1) is 15.4. The minimum atomic E-state index is 0. The molecule has 3 nitrogen and oxygen atoms in total. The van der Waals surface area contributed by atoms with Gasteiger partial charge in [0.05, 0.1) is 5.82 Å². The molecule has 1 saturated carbocycles. The molecule has 2 heterocycles. The maximum atomic E-state index is 4.68. The van der Waals surface area contributed by atoms with Crippen molar-refractivity contribution in [3.8, 4) is 5.82 Å². The summed E-state index contributed by atoms with van der Waals surface area (Å²) in [5.74, 6) is 1.50. The van der Waals surface area contributed by atoms with Gasteiger partial charge in [-0.1, -0.05) is 57.4 Å². The molecule has 2 aromatic heterocycles. The third kappa shape index (κ3) is 3.36. The van der Waals surface area contributed by atoms with Crippen LogP contribution in [0, 0.1) is 6.20 Å². The molecule has 1 fully saturated rings. The monoisotopic (exact) mass is 447 g/mol. The van der Waals surface area contributed by atoms with E-state index in [0.717, 1.165) is 17.9 Å². The quantitative estimate of drug-likeness (QED) is 0.674. The van der Waals surface area contributed by atoms with Gasteiger partial charge < -0.3 is 4.68 Å². The first-order chi connectivity index (χ1) is 9.36. The van der Waals surface area contributed by atoms with Gasteiger partial charge in [-0.15, -0.1) is 6.07 Å². The van der Waals surface area contributed by atoms with Crippen LogP contribution < -0.4 is 0 Å². The maximum Gasteiger partial charge on any atom is 0.0523 e. The molecule has 4 heteroatoms. The van der Waals surface area contributed by atoms with Crippen LogP contribution in [0.4, 0.5) is 0 Å². The van der Waals surface area contributed by atoms with Crippen molar-refractivity contribution in [1.29, 1.82) is 0 Å². The SMILES string of the molecule is CCc1cccc(-n2[c-]cc(C3CCCCC3)n2)n1.[Ir]. The minimum absolute atomic E-state index is 0. The van der Waals surface area contributed by atoms with Crippen molar-refractivity contribution < 1.29 is 20.1 Å². The summed E-state index contributed by atoms with van der Waals surface area (Å²) >= 11 is 0. The molecule has 109 valence electrons. The van der Waals surface area contributed by atoms with Crippen LogP contribution in [0.3, 0.4) is 0 Å². The van der Waals surface area contributed by atoms with Crippen molar-refractivity contribution in [2.24, 2.45) is 0 Å². The summed E-state index contributed by atoms with van der Waals surface area (Å²) in [4.78, 5) is 4.59. The van der Waals surface area contributed by atoms with Crippen LogP contribution in [0.5, 0.6) is 0 Å². The van der Waals surface area contributed by atoms with Gasteiger partial charge in [-0.05, 0) is 24.1 Å². The van der Waals surface area contributed by atoms with Crippen LogP contribution in [0.25, 0.3) is 5.82 Å². The molecule has 0 saturated heterocycles. The molecular weight excluding hydrogens is 426 g/mol. The molecular formula is C16H20IrN3-. The van der Waals surface area contributed by atoms with Gasteiger partial charge in [0.2, 0.25) is 0 Å². The first-order valence-corrected chi connectivity index (χ1v) is 7.31. The second kappa shape index (κ2) is 7.14. The number of rotatable bonds is 3. The molecule has 1 radical (unpaired) electrons. The Morgan fingerprint density at radius 3 is 2.80 bits per heavy atom. The van der Waals surface area contributed by atoms with Crippen LogP contribution in [0.15, 0.2) is 24.3 Å². The Bertz CT molecular complexity index is 544. The van der Waals surface area contributed by atoms with Gasteiger partial charge in [0.1, 0.15) is 0 Å². The van der Waals surface area contributed by atoms with Crippen LogP contribution in [0.1, 0.15) is 56.3 Å². The van der Waals surface area contributed by atoms with Crippen LogP contribution >= 0.6 is 0 Å². The van der Waals surface area contributed by atoms with Crippen LogP contribution in [-0.4, -0.2) is 14.8 Å². The standard InChI is InChI=1S/C16H20N3.Ir/c1-2-14-9-6-10-16(17-14)19-12-11-15(18-19)13-7-4-3-5-8-13;/h6,9-11,13H,2-5,7-8H2,1H3;/q-1;. The molecule has 0 spiro atoms. The fraction of sp³-hybridized carbons (Fsp3) is 0.500. The zero-order valence-corrected chi connectivity index (χ0v) is 14.2. The van der Waals surface area contributed by atoms with E-state index in [2.05, 4.69) is 29.3 Å². The van der Waals surface area contributed by atoms with E-state index in [-0.39, 0.29) is 20.1 Å². The van der Waals surface area contributed by atoms with Gasteiger partial charge in [0.25, 0.3) is 0 Å². The summed E-state index contributed by atoms with van der Waals surface area (Å²) in [6.45, 7) is 2.12. The number of nitrogens with zero attached hydrogens (tertiary/aromatic N) is 3. The molecule has 20 heavy (non-hydrogen) atoms. The summed E-state index contributed by atoms with van der Waals surface area (Å²) < 4.78 is 1.79. The van der Waals surface area contributed by atoms with Crippen molar-refractivity contribution in [2.75, 3.05) is 0 Å². The van der Waals surface area contributed by atoms with Crippen molar-refractivity contribution >= 4 is 0 Å². The molecule has 1 aliphatic rings. The van der Waals surface area contributed by atoms with Crippen molar-refractivity contribution in [3.63, 3.8) is 0 Å². The number of pyridine rings is 1. The first-order valence-electron chi connectivity index (χ1n) is 7.31. The molecule has 0 N–H and O–H groups in total. The normalized spacial score (nSPS) is 15.8. The second-order valence-electron chi connectivity index (χ2n) is 5.29. The van der Waals surface area contributed by atoms with Gasteiger partial charge in [-0.3, -0.25) is 10.1 Å². The fourth-order valence-electron chi connectivity index (χ4n) is 2.80. The molecule has 3 rings (SSSR count). The van der Waals surface area contributed by atoms with Crippen molar-refractivity contribution in [1.82, 2.24) is 14.8 Å². The largest absolute Gasteiger partial charge is 0.343 e. The van der Waals surface area contributed by atoms with Gasteiger partial charge in [-0.25, -0.2) is 0 Å². The van der Waals surface area contributed by atoms with E-state index in [9.17, 15) is 0 Å². The predicted molar refractivity (Wildman–Crippen MR) is 75.4 cm³/mol. The third-order valence-corrected chi connectivity index (χ3v) is 3.94. The predicted octanol–water partition coefficient (Wildman–Crippen LogP) is 3.68. The van der Waals surface area contributed by atoms with E-state index in [0.29, 0.717) is 5.92 Å². The summed E-state index contributed by atoms with van der Waals surface area (Å²) in [7, 11) is 0. The average Bonchev–Trinajstić information content (AvgIpc) is 2.98. The van der Waals surface area contributed by atoms with E-state index in [4.69, 9.17) is 0 Å². The summed E-state index contributed by atoms with van der Waals surface area (Å²) in [6, 6.07) is 8.12. The molecule has 0 aliphatic heterocycles. The molecule has 2 aromatic rings. The Balaban J connectivity index is 0.00000147. The van der Waals surface area contributed by atoms with E-state index in [1.54, 1.807) is 4.68 Å². The van der Waals surface area contributed by atoms with Crippen LogP contribution in [0.2, 0.25) is 0 Å². The topological polar surface area (TPSA) is 30.7 Å². The van der Waals surface area contributed by atoms with E-state index < -0.39 is 0 Å². The Kier molecular flexibility index (Phi) is 5.50. The zero-order valence-electron chi connectivity index (χ0n) is 11.8. The smallest absolute Gasteiger partial charge is 0.0523 e. The molecule has 0 aromatic carbocycles. The zero-order chi connectivity index (χ0) is 13.1. The maximum absolute atomic E-state index is 4.68. The number of aromatic nitrogens is 3. The van der Waals surface area contributed by atoms with Crippen molar-refractivity contribution in [2.45, 2.75) is 51.4 Å². The van der Waals surface area contributed by atoms with E-state index in [1.807, 2.05) is 18.2 Å². The van der Waals surface area contributed by atoms with E-state index in [1.165, 1.54) is 37.8 Å². The summed E-state index contributed by atoms with van der Waals surface area (Å²) in [5.41, 5.74) is 2.28. The fourth-order valence-corrected chi connectivity index (χ4v) is 2.80. The number of aryl methyl sites for hydroxylation is 1. The molecule has 0 unspecified atom stereocenters. The number of hydrogen-bond donors (Lipinski definition) is 0. The van der Waals surface area contributed by atoms with Crippen molar-refractivity contribution in [3.05, 3.63) is 41.9 Å². The van der Waals surface area contributed by atoms with Crippen LogP contribution in [-0.2, 0) is 26.5 Å². The van der Waals surface area contributed by atoms with Gasteiger partial charge in [0, 0.05) is 25.8 Å². The number of hydrogen-bond acceptors (Lipinski definition) is 2. The van der Waals surface area contributed by atoms with Gasteiger partial charge in [-0.2, -0.15) is 0 Å². The second-order valence-corrected chi connectivity index (χ2v) is 5.29. The van der Waals surface area contributed by atoms with E-state index >= 15 is 0 Å². The molecule has 1 aliphatic carbocycles. The Labute approximate surface area is 134 Å². The van der Waals surface area contributed by atoms with Gasteiger partial charge >= 0.3 is 0 Å². The minimum Gasteiger partial charge on any atom is -0.343 e. The summed E-state index contributed by atoms with van der Waals surface area (Å²) in [6.07, 6.45) is 10.7. The average molecular weight is 447 g/mol. The Morgan fingerprint density at radius 2 is 2.05 bits per heavy atom. The summed E-state index contributed by atoms with van der Waals surface area (Å²) in [5, 5.41) is 4.68. The molecule has 0 amide bonds. The third-order valence-electron chi connectivity index (χ3n) is 3.94. The Hall–Kier alpha value is -0.991.